The summed E-state index contributed by atoms with van der Waals surface area (Å²) < 4.78 is 10.7. The number of carbonyl (C=O) groups is 1. The Bertz CT molecular complexity index is 887. The lowest BCUT2D eigenvalue weighted by molar-refractivity contribution is -0.921. The lowest BCUT2D eigenvalue weighted by Crippen LogP contribution is -3.12. The molecule has 1 fully saturated rings. The lowest BCUT2D eigenvalue weighted by atomic mass is 9.90. The molecular weight excluding hydrogens is 366 g/mol. The monoisotopic (exact) mass is 394 g/mol. The van der Waals surface area contributed by atoms with E-state index in [-0.39, 0.29) is 5.91 Å². The number of morpholine rings is 1. The van der Waals surface area contributed by atoms with Crippen molar-refractivity contribution in [3.8, 4) is 5.75 Å². The third-order valence-electron chi connectivity index (χ3n) is 5.65. The molecule has 0 radical (unpaired) electrons. The van der Waals surface area contributed by atoms with Gasteiger partial charge in [0.05, 0.1) is 26.0 Å². The molecule has 0 bridgehead atoms. The van der Waals surface area contributed by atoms with Gasteiger partial charge in [-0.25, -0.2) is 5.43 Å². The first-order valence-corrected chi connectivity index (χ1v) is 10.3. The Morgan fingerprint density at radius 1 is 1.14 bits per heavy atom. The minimum atomic E-state index is -0.177. The van der Waals surface area contributed by atoms with E-state index in [1.165, 1.54) is 16.0 Å². The molecule has 0 saturated carbocycles. The van der Waals surface area contributed by atoms with Crippen LogP contribution < -0.4 is 15.1 Å². The minimum absolute atomic E-state index is 0.177. The van der Waals surface area contributed by atoms with E-state index in [1.54, 1.807) is 7.11 Å². The maximum Gasteiger partial charge on any atom is 0.271 e. The number of amides is 1. The molecule has 2 N–H and O–H groups in total. The number of rotatable bonds is 5. The molecule has 6 nitrogen and oxygen atoms in total. The number of nitrogens with zero attached hydrogens (tertiary/aromatic N) is 1. The summed E-state index contributed by atoms with van der Waals surface area (Å²) in [7, 11) is 1.67. The highest BCUT2D eigenvalue weighted by Gasteiger charge is 2.17. The zero-order valence-corrected chi connectivity index (χ0v) is 16.9. The molecule has 1 aliphatic carbocycles. The van der Waals surface area contributed by atoms with Crippen LogP contribution in [0.3, 0.4) is 0 Å². The standard InChI is InChI=1S/C23H27N3O3/c1-28-20-9-10-21-19(15-20)3-2-4-22(21)24-25-23(27)18-7-5-17(6-8-18)16-26-11-13-29-14-12-26/h5-10,15H,2-4,11-14,16H2,1H3,(H,25,27)/p+1/b24-22-. The fraction of sp³-hybridized carbons (Fsp3) is 0.391. The molecule has 2 aromatic carbocycles. The number of quaternary nitrogens is 1. The topological polar surface area (TPSA) is 64.4 Å². The summed E-state index contributed by atoms with van der Waals surface area (Å²) in [6.07, 6.45) is 2.89. The Kier molecular flexibility index (Phi) is 6.22. The van der Waals surface area contributed by atoms with Crippen LogP contribution in [0.25, 0.3) is 0 Å². The van der Waals surface area contributed by atoms with Crippen LogP contribution in [0.15, 0.2) is 47.6 Å². The van der Waals surface area contributed by atoms with Crippen LogP contribution >= 0.6 is 0 Å². The average molecular weight is 394 g/mol. The van der Waals surface area contributed by atoms with E-state index in [4.69, 9.17) is 9.47 Å². The van der Waals surface area contributed by atoms with E-state index in [0.717, 1.165) is 69.1 Å². The molecule has 6 heteroatoms. The molecule has 0 atom stereocenters. The van der Waals surface area contributed by atoms with Gasteiger partial charge >= 0.3 is 0 Å². The predicted octanol–water partition coefficient (Wildman–Crippen LogP) is 1.58. The molecular formula is C23H28N3O3+. The molecule has 1 heterocycles. The van der Waals surface area contributed by atoms with Crippen LogP contribution in [0, 0.1) is 0 Å². The number of aryl methyl sites for hydroxylation is 1. The Labute approximate surface area is 171 Å². The van der Waals surface area contributed by atoms with Gasteiger partial charge in [-0.2, -0.15) is 5.10 Å². The maximum atomic E-state index is 12.5. The van der Waals surface area contributed by atoms with Crippen molar-refractivity contribution in [2.75, 3.05) is 33.4 Å². The van der Waals surface area contributed by atoms with Gasteiger partial charge in [-0.05, 0) is 55.2 Å². The highest BCUT2D eigenvalue weighted by Crippen LogP contribution is 2.25. The highest BCUT2D eigenvalue weighted by atomic mass is 16.5. The number of carbonyl (C=O) groups excluding carboxylic acids is 1. The molecule has 2 aliphatic rings. The second kappa shape index (κ2) is 9.20. The Morgan fingerprint density at radius 2 is 1.93 bits per heavy atom. The van der Waals surface area contributed by atoms with Crippen molar-refractivity contribution in [3.05, 3.63) is 64.7 Å². The largest absolute Gasteiger partial charge is 0.497 e. The van der Waals surface area contributed by atoms with Crippen molar-refractivity contribution in [3.63, 3.8) is 0 Å². The number of hydrogen-bond acceptors (Lipinski definition) is 4. The Balaban J connectivity index is 1.39. The quantitative estimate of drug-likeness (QED) is 0.757. The van der Waals surface area contributed by atoms with Gasteiger partial charge < -0.3 is 14.4 Å². The van der Waals surface area contributed by atoms with Crippen molar-refractivity contribution >= 4 is 11.6 Å². The Morgan fingerprint density at radius 3 is 2.69 bits per heavy atom. The number of hydrazone groups is 1. The van der Waals surface area contributed by atoms with E-state index < -0.39 is 0 Å². The summed E-state index contributed by atoms with van der Waals surface area (Å²) >= 11 is 0. The van der Waals surface area contributed by atoms with E-state index >= 15 is 0 Å². The molecule has 1 amide bonds. The normalized spacial score (nSPS) is 18.3. The first-order valence-electron chi connectivity index (χ1n) is 10.3. The molecule has 0 aromatic heterocycles. The summed E-state index contributed by atoms with van der Waals surface area (Å²) in [4.78, 5) is 14.1. The van der Waals surface area contributed by atoms with Crippen LogP contribution in [0.4, 0.5) is 0 Å². The van der Waals surface area contributed by atoms with Crippen molar-refractivity contribution in [1.82, 2.24) is 5.43 Å². The van der Waals surface area contributed by atoms with Crippen LogP contribution in [-0.2, 0) is 17.7 Å². The van der Waals surface area contributed by atoms with Crippen LogP contribution in [0.1, 0.15) is 39.9 Å². The molecule has 152 valence electrons. The van der Waals surface area contributed by atoms with Crippen molar-refractivity contribution in [2.24, 2.45) is 5.10 Å². The van der Waals surface area contributed by atoms with Gasteiger partial charge in [-0.3, -0.25) is 4.79 Å². The highest BCUT2D eigenvalue weighted by molar-refractivity contribution is 6.04. The molecule has 4 rings (SSSR count). The Hall–Kier alpha value is -2.70. The van der Waals surface area contributed by atoms with E-state index in [1.807, 2.05) is 36.4 Å². The van der Waals surface area contributed by atoms with Gasteiger partial charge in [0.1, 0.15) is 25.4 Å². The zero-order chi connectivity index (χ0) is 20.1. The van der Waals surface area contributed by atoms with Crippen molar-refractivity contribution in [2.45, 2.75) is 25.8 Å². The van der Waals surface area contributed by atoms with Crippen LogP contribution in [-0.4, -0.2) is 45.0 Å². The summed E-state index contributed by atoms with van der Waals surface area (Å²) in [5.74, 6) is 0.677. The van der Waals surface area contributed by atoms with Crippen LogP contribution in [0.5, 0.6) is 5.75 Å². The number of fused-ring (bicyclic) bond motifs is 1. The lowest BCUT2D eigenvalue weighted by Gasteiger charge is -2.23. The second-order valence-electron chi connectivity index (χ2n) is 7.61. The number of ether oxygens (including phenoxy) is 2. The number of hydrogen-bond donors (Lipinski definition) is 2. The first-order chi connectivity index (χ1) is 14.2. The van der Waals surface area contributed by atoms with Gasteiger partial charge in [-0.15, -0.1) is 0 Å². The van der Waals surface area contributed by atoms with E-state index in [2.05, 4.69) is 16.6 Å². The minimum Gasteiger partial charge on any atom is -0.497 e. The second-order valence-corrected chi connectivity index (χ2v) is 7.61. The number of methoxy groups -OCH3 is 1. The number of benzene rings is 2. The fourth-order valence-electron chi connectivity index (χ4n) is 3.96. The van der Waals surface area contributed by atoms with Gasteiger partial charge in [0.2, 0.25) is 0 Å². The summed E-state index contributed by atoms with van der Waals surface area (Å²) in [6.45, 7) is 4.69. The molecule has 1 saturated heterocycles. The number of nitrogens with one attached hydrogen (secondary N) is 2. The predicted molar refractivity (Wildman–Crippen MR) is 112 cm³/mol. The zero-order valence-electron chi connectivity index (χ0n) is 16.9. The third-order valence-corrected chi connectivity index (χ3v) is 5.65. The maximum absolute atomic E-state index is 12.5. The van der Waals surface area contributed by atoms with Crippen LogP contribution in [0.2, 0.25) is 0 Å². The summed E-state index contributed by atoms with van der Waals surface area (Å²) in [5, 5.41) is 4.43. The van der Waals surface area contributed by atoms with Gasteiger partial charge in [0.15, 0.2) is 0 Å². The van der Waals surface area contributed by atoms with Gasteiger partial charge in [-0.1, -0.05) is 12.1 Å². The summed E-state index contributed by atoms with van der Waals surface area (Å²) in [5.41, 5.74) is 7.84. The van der Waals surface area contributed by atoms with Gasteiger partial charge in [0.25, 0.3) is 5.91 Å². The first kappa shape index (κ1) is 19.6. The smallest absolute Gasteiger partial charge is 0.271 e. The SMILES string of the molecule is COc1ccc2c(c1)CCC/C2=N/NC(=O)c1ccc(C[NH+]2CCOCC2)cc1. The van der Waals surface area contributed by atoms with Crippen molar-refractivity contribution in [1.29, 1.82) is 0 Å². The molecule has 1 aliphatic heterocycles. The van der Waals surface area contributed by atoms with Gasteiger partial charge in [0, 0.05) is 16.7 Å². The molecule has 0 unspecified atom stereocenters. The van der Waals surface area contributed by atoms with E-state index in [9.17, 15) is 4.79 Å². The molecule has 2 aromatic rings. The molecule has 0 spiro atoms. The van der Waals surface area contributed by atoms with Crippen molar-refractivity contribution < 1.29 is 19.2 Å². The molecule has 29 heavy (non-hydrogen) atoms. The summed E-state index contributed by atoms with van der Waals surface area (Å²) in [6, 6.07) is 13.9. The fourth-order valence-corrected chi connectivity index (χ4v) is 3.96. The average Bonchev–Trinajstić information content (AvgIpc) is 2.78. The van der Waals surface area contributed by atoms with E-state index in [0.29, 0.717) is 5.56 Å². The third kappa shape index (κ3) is 4.83.